The Kier molecular flexibility index (Phi) is 5.97. The predicted molar refractivity (Wildman–Crippen MR) is 128 cm³/mol. The van der Waals surface area contributed by atoms with Crippen LogP contribution in [0.3, 0.4) is 0 Å². The van der Waals surface area contributed by atoms with Gasteiger partial charge in [0.15, 0.2) is 0 Å². The average Bonchev–Trinajstić information content (AvgIpc) is 2.85. The molecule has 4 aromatic rings. The van der Waals surface area contributed by atoms with Crippen LogP contribution in [0.2, 0.25) is 10.0 Å². The lowest BCUT2D eigenvalue weighted by molar-refractivity contribution is 0.568. The van der Waals surface area contributed by atoms with E-state index in [2.05, 4.69) is 19.9 Å². The Hall–Kier alpha value is -3.09. The summed E-state index contributed by atoms with van der Waals surface area (Å²) < 4.78 is 0. The molecule has 0 saturated carbocycles. The van der Waals surface area contributed by atoms with Crippen molar-refractivity contribution in [1.82, 2.24) is 24.9 Å². The molecule has 1 saturated heterocycles. The summed E-state index contributed by atoms with van der Waals surface area (Å²) in [6.07, 6.45) is 10.4. The van der Waals surface area contributed by atoms with E-state index in [1.54, 1.807) is 36.9 Å². The Bertz CT molecular complexity index is 1240. The van der Waals surface area contributed by atoms with E-state index in [1.807, 2.05) is 24.3 Å². The maximum atomic E-state index is 6.28. The molecule has 1 aliphatic heterocycles. The van der Waals surface area contributed by atoms with Gasteiger partial charge in [-0.3, -0.25) is 15.0 Å². The second-order valence-electron chi connectivity index (χ2n) is 7.64. The van der Waals surface area contributed by atoms with Crippen molar-refractivity contribution in [3.8, 4) is 33.9 Å². The van der Waals surface area contributed by atoms with E-state index in [0.717, 1.165) is 48.4 Å². The number of nitrogens with zero attached hydrogens (tertiary/aromatic N) is 6. The van der Waals surface area contributed by atoms with Crippen molar-refractivity contribution in [2.45, 2.75) is 19.3 Å². The van der Waals surface area contributed by atoms with Crippen molar-refractivity contribution in [3.05, 3.63) is 71.2 Å². The first kappa shape index (κ1) is 20.8. The number of hydrogen-bond donors (Lipinski definition) is 0. The SMILES string of the molecule is Clc1cncc(-c2cc(-c3ccc(-c4ncccc4Cl)nc3)nc(N3CCCCC3)n2)c1. The summed E-state index contributed by atoms with van der Waals surface area (Å²) in [4.78, 5) is 25.1. The van der Waals surface area contributed by atoms with Gasteiger partial charge in [-0.15, -0.1) is 0 Å². The summed E-state index contributed by atoms with van der Waals surface area (Å²) in [6.45, 7) is 1.90. The van der Waals surface area contributed by atoms with Gasteiger partial charge in [0.1, 0.15) is 5.69 Å². The van der Waals surface area contributed by atoms with Gasteiger partial charge in [-0.1, -0.05) is 23.2 Å². The normalized spacial score (nSPS) is 13.9. The Labute approximate surface area is 196 Å². The number of pyridine rings is 3. The number of aromatic nitrogens is 5. The van der Waals surface area contributed by atoms with Crippen LogP contribution in [-0.4, -0.2) is 38.0 Å². The molecule has 160 valence electrons. The molecule has 0 atom stereocenters. The highest BCUT2D eigenvalue weighted by atomic mass is 35.5. The number of hydrogen-bond acceptors (Lipinski definition) is 6. The highest BCUT2D eigenvalue weighted by Gasteiger charge is 2.17. The molecule has 0 unspecified atom stereocenters. The fourth-order valence-electron chi connectivity index (χ4n) is 3.78. The van der Waals surface area contributed by atoms with Crippen LogP contribution in [0.5, 0.6) is 0 Å². The van der Waals surface area contributed by atoms with Gasteiger partial charge in [-0.2, -0.15) is 0 Å². The summed E-state index contributed by atoms with van der Waals surface area (Å²) in [5, 5.41) is 1.14. The molecule has 0 bridgehead atoms. The largest absolute Gasteiger partial charge is 0.341 e. The molecule has 0 aromatic carbocycles. The quantitative estimate of drug-likeness (QED) is 0.372. The van der Waals surface area contributed by atoms with E-state index in [0.29, 0.717) is 27.4 Å². The first-order chi connectivity index (χ1) is 15.7. The van der Waals surface area contributed by atoms with E-state index >= 15 is 0 Å². The van der Waals surface area contributed by atoms with Gasteiger partial charge >= 0.3 is 0 Å². The zero-order chi connectivity index (χ0) is 21.9. The van der Waals surface area contributed by atoms with Gasteiger partial charge in [-0.25, -0.2) is 9.97 Å². The number of anilines is 1. The van der Waals surface area contributed by atoms with Crippen molar-refractivity contribution >= 4 is 29.2 Å². The van der Waals surface area contributed by atoms with Crippen LogP contribution in [0, 0.1) is 0 Å². The second kappa shape index (κ2) is 9.18. The maximum absolute atomic E-state index is 6.28. The minimum absolute atomic E-state index is 0.568. The first-order valence-electron chi connectivity index (χ1n) is 10.5. The van der Waals surface area contributed by atoms with Crippen LogP contribution in [-0.2, 0) is 0 Å². The van der Waals surface area contributed by atoms with E-state index in [4.69, 9.17) is 33.2 Å². The lowest BCUT2D eigenvalue weighted by Crippen LogP contribution is -2.31. The van der Waals surface area contributed by atoms with E-state index in [9.17, 15) is 0 Å². The second-order valence-corrected chi connectivity index (χ2v) is 8.49. The van der Waals surface area contributed by atoms with Crippen molar-refractivity contribution in [2.75, 3.05) is 18.0 Å². The van der Waals surface area contributed by atoms with Crippen LogP contribution in [0.15, 0.2) is 61.2 Å². The van der Waals surface area contributed by atoms with Crippen molar-refractivity contribution in [2.24, 2.45) is 0 Å². The molecule has 0 spiro atoms. The Morgan fingerprint density at radius 2 is 1.56 bits per heavy atom. The van der Waals surface area contributed by atoms with Crippen LogP contribution in [0.4, 0.5) is 5.95 Å². The molecular weight excluding hydrogens is 443 g/mol. The number of piperidine rings is 1. The van der Waals surface area contributed by atoms with Crippen molar-refractivity contribution < 1.29 is 0 Å². The molecule has 6 nitrogen and oxygen atoms in total. The van der Waals surface area contributed by atoms with E-state index in [1.165, 1.54) is 6.42 Å². The molecule has 0 radical (unpaired) electrons. The highest BCUT2D eigenvalue weighted by molar-refractivity contribution is 6.32. The third-order valence-corrected chi connectivity index (χ3v) is 5.93. The lowest BCUT2D eigenvalue weighted by Gasteiger charge is -2.27. The number of halogens is 2. The lowest BCUT2D eigenvalue weighted by atomic mass is 10.1. The Morgan fingerprint density at radius 3 is 2.28 bits per heavy atom. The standard InChI is InChI=1S/C24H20Cl2N6/c25-18-11-17(13-27-15-18)22-12-21(30-24(31-22)32-9-2-1-3-10-32)16-6-7-20(29-14-16)23-19(26)5-4-8-28-23/h4-8,11-15H,1-3,9-10H2. The minimum Gasteiger partial charge on any atom is -0.341 e. The third-order valence-electron chi connectivity index (χ3n) is 5.41. The Balaban J connectivity index is 1.56. The maximum Gasteiger partial charge on any atom is 0.226 e. The molecule has 1 fully saturated rings. The third kappa shape index (κ3) is 4.42. The Morgan fingerprint density at radius 1 is 0.750 bits per heavy atom. The monoisotopic (exact) mass is 462 g/mol. The fraction of sp³-hybridized carbons (Fsp3) is 0.208. The summed E-state index contributed by atoms with van der Waals surface area (Å²) in [6, 6.07) is 11.3. The van der Waals surface area contributed by atoms with Crippen molar-refractivity contribution in [1.29, 1.82) is 0 Å². The van der Waals surface area contributed by atoms with Gasteiger partial charge in [0.05, 0.1) is 27.1 Å². The zero-order valence-corrected chi connectivity index (χ0v) is 18.8. The fourth-order valence-corrected chi connectivity index (χ4v) is 4.17. The number of rotatable bonds is 4. The summed E-state index contributed by atoms with van der Waals surface area (Å²) in [5.74, 6) is 0.717. The molecule has 8 heteroatoms. The summed E-state index contributed by atoms with van der Waals surface area (Å²) >= 11 is 12.5. The predicted octanol–water partition coefficient (Wildman–Crippen LogP) is 5.96. The molecule has 0 amide bonds. The zero-order valence-electron chi connectivity index (χ0n) is 17.2. The topological polar surface area (TPSA) is 67.7 Å². The van der Waals surface area contributed by atoms with Crippen molar-refractivity contribution in [3.63, 3.8) is 0 Å². The molecule has 4 aromatic heterocycles. The smallest absolute Gasteiger partial charge is 0.226 e. The van der Waals surface area contributed by atoms with Gasteiger partial charge in [0, 0.05) is 49.0 Å². The summed E-state index contributed by atoms with van der Waals surface area (Å²) in [5.41, 5.74) is 4.68. The molecule has 5 heterocycles. The van der Waals surface area contributed by atoms with E-state index in [-0.39, 0.29) is 0 Å². The first-order valence-corrected chi connectivity index (χ1v) is 11.3. The van der Waals surface area contributed by atoms with Gasteiger partial charge in [-0.05, 0) is 55.7 Å². The highest BCUT2D eigenvalue weighted by Crippen LogP contribution is 2.30. The molecule has 0 N–H and O–H groups in total. The molecule has 1 aliphatic rings. The molecule has 0 aliphatic carbocycles. The molecule has 32 heavy (non-hydrogen) atoms. The molecule has 5 rings (SSSR count). The van der Waals surface area contributed by atoms with Gasteiger partial charge < -0.3 is 4.90 Å². The minimum atomic E-state index is 0.568. The summed E-state index contributed by atoms with van der Waals surface area (Å²) in [7, 11) is 0. The van der Waals surface area contributed by atoms with Crippen LogP contribution in [0.1, 0.15) is 19.3 Å². The molecular formula is C24H20Cl2N6. The van der Waals surface area contributed by atoms with Gasteiger partial charge in [0.2, 0.25) is 5.95 Å². The average molecular weight is 463 g/mol. The van der Waals surface area contributed by atoms with Crippen LogP contribution >= 0.6 is 23.2 Å². The van der Waals surface area contributed by atoms with Crippen LogP contribution in [0.25, 0.3) is 33.9 Å². The van der Waals surface area contributed by atoms with Gasteiger partial charge in [0.25, 0.3) is 0 Å². The van der Waals surface area contributed by atoms with E-state index < -0.39 is 0 Å². The van der Waals surface area contributed by atoms with Crippen LogP contribution < -0.4 is 4.90 Å².